The van der Waals surface area contributed by atoms with Gasteiger partial charge in [-0.3, -0.25) is 15.1 Å². The minimum absolute atomic E-state index is 0.0255. The van der Waals surface area contributed by atoms with Crippen molar-refractivity contribution in [3.8, 4) is 0 Å². The smallest absolute Gasteiger partial charge is 0.287 e. The van der Waals surface area contributed by atoms with Crippen molar-refractivity contribution in [2.24, 2.45) is 5.73 Å². The molecule has 1 heterocycles. The third kappa shape index (κ3) is 6.30. The molecule has 0 unspecified atom stereocenters. The van der Waals surface area contributed by atoms with Gasteiger partial charge in [0, 0.05) is 18.3 Å². The lowest BCUT2D eigenvalue weighted by Gasteiger charge is -2.13. The molecule has 100 valence electrons. The molecule has 0 saturated heterocycles. The van der Waals surface area contributed by atoms with Crippen LogP contribution in [0.15, 0.2) is 24.5 Å². The Morgan fingerprint density at radius 3 is 2.28 bits per heavy atom. The molecule has 0 radical (unpaired) electrons. The number of pyridine rings is 1. The van der Waals surface area contributed by atoms with Crippen LogP contribution in [0.25, 0.3) is 0 Å². The van der Waals surface area contributed by atoms with Crippen molar-refractivity contribution in [2.75, 3.05) is 0 Å². The molecule has 0 aliphatic heterocycles. The van der Waals surface area contributed by atoms with E-state index in [1.54, 1.807) is 0 Å². The topological polar surface area (TPSA) is 82.0 Å². The van der Waals surface area contributed by atoms with E-state index in [1.807, 2.05) is 0 Å². The quantitative estimate of drug-likeness (QED) is 0.614. The average Bonchev–Trinajstić information content (AvgIpc) is 2.36. The van der Waals surface area contributed by atoms with Crippen LogP contribution in [0.2, 0.25) is 0 Å². The summed E-state index contributed by atoms with van der Waals surface area (Å²) in [6.07, 6.45) is 12.2. The normalized spacial score (nSPS) is 16.9. The summed E-state index contributed by atoms with van der Waals surface area (Å²) >= 11 is 0. The second-order valence-corrected chi connectivity index (χ2v) is 4.57. The molecule has 1 aliphatic carbocycles. The van der Waals surface area contributed by atoms with Gasteiger partial charge in [-0.2, -0.15) is 0 Å². The summed E-state index contributed by atoms with van der Waals surface area (Å²) in [5.41, 5.74) is 5.83. The number of hydrogen-bond acceptors (Lipinski definition) is 4. The molecular formula is C13H21N3O2. The van der Waals surface area contributed by atoms with E-state index in [0.717, 1.165) is 0 Å². The maximum Gasteiger partial charge on any atom is 0.287 e. The van der Waals surface area contributed by atoms with Gasteiger partial charge in [0.1, 0.15) is 6.20 Å². The first-order valence-corrected chi connectivity index (χ1v) is 6.50. The molecule has 0 bridgehead atoms. The molecule has 2 rings (SSSR count). The maximum atomic E-state index is 9.97. The van der Waals surface area contributed by atoms with E-state index in [-0.39, 0.29) is 5.69 Å². The number of rotatable bonds is 1. The van der Waals surface area contributed by atoms with Crippen LogP contribution in [0.5, 0.6) is 0 Å². The van der Waals surface area contributed by atoms with Gasteiger partial charge in [0.05, 0.1) is 4.92 Å². The van der Waals surface area contributed by atoms with Crippen LogP contribution in [-0.4, -0.2) is 15.9 Å². The fourth-order valence-corrected chi connectivity index (χ4v) is 1.95. The van der Waals surface area contributed by atoms with E-state index in [4.69, 9.17) is 5.73 Å². The van der Waals surface area contributed by atoms with Crippen LogP contribution in [0.1, 0.15) is 44.9 Å². The molecule has 1 aliphatic rings. The fraction of sp³-hybridized carbons (Fsp3) is 0.615. The van der Waals surface area contributed by atoms with Crippen LogP contribution >= 0.6 is 0 Å². The lowest BCUT2D eigenvalue weighted by Crippen LogP contribution is -2.20. The second kappa shape index (κ2) is 8.58. The van der Waals surface area contributed by atoms with E-state index in [2.05, 4.69) is 4.98 Å². The van der Waals surface area contributed by atoms with E-state index < -0.39 is 4.92 Å². The van der Waals surface area contributed by atoms with Gasteiger partial charge in [0.15, 0.2) is 0 Å². The highest BCUT2D eigenvalue weighted by Gasteiger charge is 2.04. The SMILES string of the molecule is NC1CCCCCCC1.O=[N+]([O-])c1cccnc1. The van der Waals surface area contributed by atoms with Crippen LogP contribution in [0.3, 0.4) is 0 Å². The highest BCUT2D eigenvalue weighted by molar-refractivity contribution is 5.23. The Hall–Kier alpha value is -1.49. The summed E-state index contributed by atoms with van der Waals surface area (Å²) in [7, 11) is 0. The van der Waals surface area contributed by atoms with Gasteiger partial charge in [0.2, 0.25) is 0 Å². The number of nitrogens with two attached hydrogens (primary N) is 1. The summed E-state index contributed by atoms with van der Waals surface area (Å²) in [5, 5.41) is 9.97. The predicted octanol–water partition coefficient (Wildman–Crippen LogP) is 3.05. The average molecular weight is 251 g/mol. The van der Waals surface area contributed by atoms with Crippen LogP contribution in [0.4, 0.5) is 5.69 Å². The van der Waals surface area contributed by atoms with Crippen molar-refractivity contribution in [3.63, 3.8) is 0 Å². The Morgan fingerprint density at radius 2 is 1.83 bits per heavy atom. The lowest BCUT2D eigenvalue weighted by molar-refractivity contribution is -0.385. The van der Waals surface area contributed by atoms with Crippen LogP contribution in [0, 0.1) is 10.1 Å². The molecular weight excluding hydrogens is 230 g/mol. The molecule has 0 atom stereocenters. The van der Waals surface area contributed by atoms with Crippen molar-refractivity contribution < 1.29 is 4.92 Å². The third-order valence-electron chi connectivity index (χ3n) is 3.01. The van der Waals surface area contributed by atoms with E-state index in [1.165, 1.54) is 69.5 Å². The molecule has 1 aromatic heterocycles. The van der Waals surface area contributed by atoms with Gasteiger partial charge in [-0.05, 0) is 18.9 Å². The summed E-state index contributed by atoms with van der Waals surface area (Å²) < 4.78 is 0. The van der Waals surface area contributed by atoms with Crippen molar-refractivity contribution in [2.45, 2.75) is 51.0 Å². The number of nitrogens with zero attached hydrogens (tertiary/aromatic N) is 2. The lowest BCUT2D eigenvalue weighted by atomic mass is 9.98. The van der Waals surface area contributed by atoms with Crippen LogP contribution < -0.4 is 5.73 Å². The van der Waals surface area contributed by atoms with Gasteiger partial charge < -0.3 is 5.73 Å². The van der Waals surface area contributed by atoms with Crippen LogP contribution in [-0.2, 0) is 0 Å². The summed E-state index contributed by atoms with van der Waals surface area (Å²) in [4.78, 5) is 13.1. The largest absolute Gasteiger partial charge is 0.328 e. The number of aromatic nitrogens is 1. The zero-order valence-corrected chi connectivity index (χ0v) is 10.6. The molecule has 0 amide bonds. The summed E-state index contributed by atoms with van der Waals surface area (Å²) in [6, 6.07) is 3.44. The highest BCUT2D eigenvalue weighted by atomic mass is 16.6. The molecule has 1 saturated carbocycles. The summed E-state index contributed by atoms with van der Waals surface area (Å²) in [5.74, 6) is 0. The first-order chi connectivity index (χ1) is 8.70. The first kappa shape index (κ1) is 14.6. The first-order valence-electron chi connectivity index (χ1n) is 6.50. The molecule has 1 fully saturated rings. The zero-order chi connectivity index (χ0) is 13.2. The monoisotopic (exact) mass is 251 g/mol. The predicted molar refractivity (Wildman–Crippen MR) is 71.2 cm³/mol. The maximum absolute atomic E-state index is 9.97. The van der Waals surface area contributed by atoms with Gasteiger partial charge in [-0.15, -0.1) is 0 Å². The summed E-state index contributed by atoms with van der Waals surface area (Å²) in [6.45, 7) is 0. The standard InChI is InChI=1S/C8H17N.C5H4N2O2/c9-8-6-4-2-1-3-5-7-8;8-7(9)5-2-1-3-6-4-5/h8H,1-7,9H2;1-4H. The van der Waals surface area contributed by atoms with Gasteiger partial charge in [0.25, 0.3) is 5.69 Å². The van der Waals surface area contributed by atoms with E-state index >= 15 is 0 Å². The Kier molecular flexibility index (Phi) is 6.94. The van der Waals surface area contributed by atoms with Crippen molar-refractivity contribution in [1.29, 1.82) is 0 Å². The Labute approximate surface area is 108 Å². The van der Waals surface area contributed by atoms with Crippen molar-refractivity contribution in [3.05, 3.63) is 34.6 Å². The minimum atomic E-state index is -0.479. The van der Waals surface area contributed by atoms with Crippen molar-refractivity contribution >= 4 is 5.69 Å². The molecule has 2 N–H and O–H groups in total. The molecule has 0 spiro atoms. The Balaban J connectivity index is 0.000000180. The second-order valence-electron chi connectivity index (χ2n) is 4.57. The van der Waals surface area contributed by atoms with E-state index in [0.29, 0.717) is 6.04 Å². The number of hydrogen-bond donors (Lipinski definition) is 1. The zero-order valence-electron chi connectivity index (χ0n) is 10.6. The molecule has 1 aromatic rings. The highest BCUT2D eigenvalue weighted by Crippen LogP contribution is 2.15. The fourth-order valence-electron chi connectivity index (χ4n) is 1.95. The molecule has 5 heteroatoms. The number of nitro groups is 1. The molecule has 5 nitrogen and oxygen atoms in total. The van der Waals surface area contributed by atoms with Gasteiger partial charge in [-0.1, -0.05) is 32.1 Å². The Bertz CT molecular complexity index is 335. The van der Waals surface area contributed by atoms with Gasteiger partial charge in [-0.25, -0.2) is 0 Å². The van der Waals surface area contributed by atoms with Crippen molar-refractivity contribution in [1.82, 2.24) is 4.98 Å². The Morgan fingerprint density at radius 1 is 1.22 bits per heavy atom. The van der Waals surface area contributed by atoms with E-state index in [9.17, 15) is 10.1 Å². The molecule has 18 heavy (non-hydrogen) atoms. The molecule has 0 aromatic carbocycles. The van der Waals surface area contributed by atoms with Gasteiger partial charge >= 0.3 is 0 Å². The minimum Gasteiger partial charge on any atom is -0.328 e. The third-order valence-corrected chi connectivity index (χ3v) is 3.01.